The summed E-state index contributed by atoms with van der Waals surface area (Å²) in [5.74, 6) is -0.752. The topological polar surface area (TPSA) is 105 Å². The van der Waals surface area contributed by atoms with Crippen molar-refractivity contribution in [1.29, 1.82) is 0 Å². The van der Waals surface area contributed by atoms with E-state index in [1.54, 1.807) is 30.3 Å². The Morgan fingerprint density at radius 3 is 2.47 bits per heavy atom. The largest absolute Gasteiger partial charge is 0.465 e. The molecule has 2 aromatic rings. The van der Waals surface area contributed by atoms with Crippen molar-refractivity contribution in [1.82, 2.24) is 10.7 Å². The second-order valence-electron chi connectivity index (χ2n) is 8.05. The Labute approximate surface area is 185 Å². The van der Waals surface area contributed by atoms with Crippen LogP contribution in [0.5, 0.6) is 0 Å². The molecule has 1 amide bonds. The zero-order chi connectivity index (χ0) is 23.3. The molecule has 1 aliphatic rings. The van der Waals surface area contributed by atoms with Crippen molar-refractivity contribution in [2.45, 2.75) is 32.7 Å². The van der Waals surface area contributed by atoms with Gasteiger partial charge in [0.2, 0.25) is 5.96 Å². The first-order valence-electron chi connectivity index (χ1n) is 9.90. The molecule has 0 saturated heterocycles. The first-order chi connectivity index (χ1) is 15.1. The molecule has 2 N–H and O–H groups in total. The third-order valence-electron chi connectivity index (χ3n) is 4.29. The average molecular weight is 437 g/mol. The van der Waals surface area contributed by atoms with Gasteiger partial charge in [-0.25, -0.2) is 14.2 Å². The number of hydrogen-bond acceptors (Lipinski definition) is 5. The minimum atomic E-state index is -0.538. The number of esters is 1. The van der Waals surface area contributed by atoms with Gasteiger partial charge in [0, 0.05) is 5.56 Å². The van der Waals surface area contributed by atoms with E-state index in [1.165, 1.54) is 25.3 Å². The number of amides is 1. The van der Waals surface area contributed by atoms with Crippen molar-refractivity contribution in [3.63, 3.8) is 0 Å². The van der Waals surface area contributed by atoms with Crippen molar-refractivity contribution in [2.75, 3.05) is 7.11 Å². The molecule has 32 heavy (non-hydrogen) atoms. The lowest BCUT2D eigenvalue weighted by atomic mass is 10.1. The second-order valence-corrected chi connectivity index (χ2v) is 8.05. The molecule has 0 bridgehead atoms. The van der Waals surface area contributed by atoms with Gasteiger partial charge in [-0.3, -0.25) is 15.5 Å². The number of hydrogen-bond donors (Lipinski definition) is 2. The number of amidine groups is 1. The first-order valence-corrected chi connectivity index (χ1v) is 9.90. The van der Waals surface area contributed by atoms with Crippen LogP contribution in [0.15, 0.2) is 63.6 Å². The molecule has 3 rings (SSSR count). The van der Waals surface area contributed by atoms with E-state index in [2.05, 4.69) is 25.8 Å². The Morgan fingerprint density at radius 1 is 1.12 bits per heavy atom. The third kappa shape index (κ3) is 6.07. The van der Waals surface area contributed by atoms with Crippen LogP contribution in [0.3, 0.4) is 0 Å². The van der Waals surface area contributed by atoms with Crippen LogP contribution in [0.4, 0.5) is 4.39 Å². The van der Waals surface area contributed by atoms with Gasteiger partial charge in [0.25, 0.3) is 5.91 Å². The maximum atomic E-state index is 13.2. The normalized spacial score (nSPS) is 15.2. The van der Waals surface area contributed by atoms with Crippen LogP contribution >= 0.6 is 0 Å². The number of carbonyl (C=O) groups is 2. The van der Waals surface area contributed by atoms with Gasteiger partial charge >= 0.3 is 5.97 Å². The summed E-state index contributed by atoms with van der Waals surface area (Å²) in [7, 11) is 1.27. The molecule has 0 aromatic heterocycles. The molecule has 166 valence electrons. The Hall–Kier alpha value is -3.88. The predicted octanol–water partition coefficient (Wildman–Crippen LogP) is 3.29. The number of methoxy groups -OCH3 is 1. The zero-order valence-corrected chi connectivity index (χ0v) is 18.3. The molecule has 0 radical (unpaired) electrons. The number of benzene rings is 2. The molecule has 1 aliphatic heterocycles. The van der Waals surface area contributed by atoms with Crippen LogP contribution in [0.1, 0.15) is 53.5 Å². The van der Waals surface area contributed by atoms with Gasteiger partial charge in [0.1, 0.15) is 11.7 Å². The summed E-state index contributed by atoms with van der Waals surface area (Å²) in [5, 5.41) is 6.93. The smallest absolute Gasteiger partial charge is 0.337 e. The molecule has 1 heterocycles. The highest BCUT2D eigenvalue weighted by Crippen LogP contribution is 2.13. The Kier molecular flexibility index (Phi) is 6.77. The van der Waals surface area contributed by atoms with Crippen molar-refractivity contribution < 1.29 is 18.7 Å². The van der Waals surface area contributed by atoms with E-state index in [0.717, 1.165) is 5.56 Å². The number of rotatable bonds is 3. The van der Waals surface area contributed by atoms with Crippen molar-refractivity contribution in [2.24, 2.45) is 15.1 Å². The van der Waals surface area contributed by atoms with E-state index < -0.39 is 17.4 Å². The predicted molar refractivity (Wildman–Crippen MR) is 121 cm³/mol. The summed E-state index contributed by atoms with van der Waals surface area (Å²) in [4.78, 5) is 33.5. The standard InChI is InChI=1S/C23H24FN5O3/c1-23(2,3)27-22(26-20(30)15-6-5-7-16(12-15)21(31)32-4)25-19-13-18(28-29-19)14-8-10-17(24)11-9-14/h5-12H,13H2,1-4H3,(H2,25,26,27,29,30). The summed E-state index contributed by atoms with van der Waals surface area (Å²) in [5.41, 5.74) is 4.30. The summed E-state index contributed by atoms with van der Waals surface area (Å²) in [6.07, 6.45) is 0.364. The van der Waals surface area contributed by atoms with Crippen LogP contribution in [-0.4, -0.2) is 42.0 Å². The number of hydrazone groups is 1. The van der Waals surface area contributed by atoms with Crippen molar-refractivity contribution in [3.8, 4) is 0 Å². The summed E-state index contributed by atoms with van der Waals surface area (Å²) < 4.78 is 17.9. The molecule has 0 atom stereocenters. The van der Waals surface area contributed by atoms with Crippen LogP contribution in [0, 0.1) is 5.82 Å². The van der Waals surface area contributed by atoms with E-state index >= 15 is 0 Å². The molecular weight excluding hydrogens is 413 g/mol. The van der Waals surface area contributed by atoms with E-state index in [0.29, 0.717) is 18.0 Å². The van der Waals surface area contributed by atoms with E-state index in [-0.39, 0.29) is 22.9 Å². The molecule has 0 fully saturated rings. The molecule has 8 nitrogen and oxygen atoms in total. The number of aliphatic imine (C=N–C) groups is 2. The number of carbonyl (C=O) groups excluding carboxylic acids is 2. The number of ether oxygens (including phenoxy) is 1. The van der Waals surface area contributed by atoms with Crippen LogP contribution in [-0.2, 0) is 4.74 Å². The minimum absolute atomic E-state index is 0.101. The zero-order valence-electron chi connectivity index (χ0n) is 18.3. The fraction of sp³-hybridized carbons (Fsp3) is 0.261. The summed E-state index contributed by atoms with van der Waals surface area (Å²) in [6, 6.07) is 12.2. The highest BCUT2D eigenvalue weighted by molar-refractivity contribution is 6.18. The molecule has 0 aliphatic carbocycles. The Bertz CT molecular complexity index is 1120. The first kappa shape index (κ1) is 22.8. The molecule has 9 heteroatoms. The van der Waals surface area contributed by atoms with E-state index in [1.807, 2.05) is 20.8 Å². The number of guanidine groups is 1. The summed E-state index contributed by atoms with van der Waals surface area (Å²) >= 11 is 0. The molecule has 0 unspecified atom stereocenters. The molecule has 2 aromatic carbocycles. The second kappa shape index (κ2) is 9.51. The van der Waals surface area contributed by atoms with Gasteiger partial charge < -0.3 is 4.74 Å². The SMILES string of the molecule is COC(=O)c1cccc(C(=O)NC(N=C2CC(c3ccc(F)cc3)=NN2)=NC(C)(C)C)c1. The van der Waals surface area contributed by atoms with Gasteiger partial charge in [-0.2, -0.15) is 10.1 Å². The van der Waals surface area contributed by atoms with Gasteiger partial charge in [-0.1, -0.05) is 18.2 Å². The van der Waals surface area contributed by atoms with Crippen molar-refractivity contribution >= 4 is 29.4 Å². The van der Waals surface area contributed by atoms with Crippen molar-refractivity contribution in [3.05, 3.63) is 71.0 Å². The summed E-state index contributed by atoms with van der Waals surface area (Å²) in [6.45, 7) is 5.62. The quantitative estimate of drug-likeness (QED) is 0.437. The van der Waals surface area contributed by atoms with Gasteiger partial charge in [0.15, 0.2) is 0 Å². The number of nitrogens with zero attached hydrogens (tertiary/aromatic N) is 3. The van der Waals surface area contributed by atoms with Crippen LogP contribution in [0.2, 0.25) is 0 Å². The van der Waals surface area contributed by atoms with Gasteiger partial charge in [0.05, 0.1) is 30.3 Å². The van der Waals surface area contributed by atoms with E-state index in [4.69, 9.17) is 4.74 Å². The molecular formula is C23H24FN5O3. The molecule has 0 saturated carbocycles. The highest BCUT2D eigenvalue weighted by Gasteiger charge is 2.19. The minimum Gasteiger partial charge on any atom is -0.465 e. The average Bonchev–Trinajstić information content (AvgIpc) is 3.20. The number of halogens is 1. The monoisotopic (exact) mass is 437 g/mol. The fourth-order valence-electron chi connectivity index (χ4n) is 2.85. The molecule has 0 spiro atoms. The maximum absolute atomic E-state index is 13.2. The number of nitrogens with one attached hydrogen (secondary N) is 2. The Morgan fingerprint density at radius 2 is 1.81 bits per heavy atom. The lowest BCUT2D eigenvalue weighted by molar-refractivity contribution is 0.0600. The van der Waals surface area contributed by atoms with Gasteiger partial charge in [-0.05, 0) is 56.7 Å². The lowest BCUT2D eigenvalue weighted by Gasteiger charge is -2.15. The van der Waals surface area contributed by atoms with Gasteiger partial charge in [-0.15, -0.1) is 0 Å². The van der Waals surface area contributed by atoms with Crippen LogP contribution < -0.4 is 10.7 Å². The third-order valence-corrected chi connectivity index (χ3v) is 4.29. The lowest BCUT2D eigenvalue weighted by Crippen LogP contribution is -2.33. The Balaban J connectivity index is 1.80. The maximum Gasteiger partial charge on any atom is 0.337 e. The van der Waals surface area contributed by atoms with Crippen LogP contribution in [0.25, 0.3) is 0 Å². The van der Waals surface area contributed by atoms with E-state index in [9.17, 15) is 14.0 Å². The highest BCUT2D eigenvalue weighted by atomic mass is 19.1. The fourth-order valence-corrected chi connectivity index (χ4v) is 2.85.